The predicted molar refractivity (Wildman–Crippen MR) is 108 cm³/mol. The monoisotopic (exact) mass is 359 g/mol. The van der Waals surface area contributed by atoms with Crippen molar-refractivity contribution < 1.29 is 0 Å². The first kappa shape index (κ1) is 16.6. The van der Waals surface area contributed by atoms with E-state index in [0.717, 1.165) is 22.3 Å². The first-order valence-electron chi connectivity index (χ1n) is 8.55. The highest BCUT2D eigenvalue weighted by molar-refractivity contribution is 6.33. The lowest BCUT2D eigenvalue weighted by atomic mass is 10.1. The fourth-order valence-electron chi connectivity index (χ4n) is 2.98. The smallest absolute Gasteiger partial charge is 0.163 e. The Labute approximate surface area is 157 Å². The van der Waals surface area contributed by atoms with Crippen LogP contribution >= 0.6 is 11.6 Å². The van der Waals surface area contributed by atoms with E-state index in [1.54, 1.807) is 0 Å². The maximum Gasteiger partial charge on any atom is 0.163 e. The van der Waals surface area contributed by atoms with Gasteiger partial charge in [0.1, 0.15) is 5.82 Å². The molecule has 0 radical (unpaired) electrons. The van der Waals surface area contributed by atoms with Gasteiger partial charge >= 0.3 is 0 Å². The Bertz CT molecular complexity index is 1050. The average molecular weight is 360 g/mol. The van der Waals surface area contributed by atoms with E-state index in [0.29, 0.717) is 10.8 Å². The Hall–Kier alpha value is -2.91. The maximum atomic E-state index is 6.36. The fraction of sp³-hybridized carbons (Fsp3) is 0.0909. The third-order valence-electron chi connectivity index (χ3n) is 4.37. The van der Waals surface area contributed by atoms with Crippen molar-refractivity contribution in [1.29, 1.82) is 0 Å². The van der Waals surface area contributed by atoms with Crippen molar-refractivity contribution in [3.05, 3.63) is 89.4 Å². The van der Waals surface area contributed by atoms with Crippen LogP contribution in [0.25, 0.3) is 22.3 Å². The van der Waals surface area contributed by atoms with Crippen LogP contribution in [0, 0.1) is 0 Å². The van der Waals surface area contributed by atoms with Gasteiger partial charge in [0.15, 0.2) is 5.82 Å². The SMILES string of the molecule is CC(Nc1nc(-c2ccccc2Cl)nc2ccccc12)c1ccccc1. The van der Waals surface area contributed by atoms with Crippen LogP contribution in [-0.2, 0) is 0 Å². The quantitative estimate of drug-likeness (QED) is 0.476. The summed E-state index contributed by atoms with van der Waals surface area (Å²) in [5.74, 6) is 1.43. The first-order valence-corrected chi connectivity index (χ1v) is 8.93. The Kier molecular flexibility index (Phi) is 4.55. The van der Waals surface area contributed by atoms with Crippen molar-refractivity contribution in [2.45, 2.75) is 13.0 Å². The van der Waals surface area contributed by atoms with Gasteiger partial charge in [0.05, 0.1) is 10.5 Å². The lowest BCUT2D eigenvalue weighted by Gasteiger charge is -2.17. The lowest BCUT2D eigenvalue weighted by Crippen LogP contribution is -2.09. The van der Waals surface area contributed by atoms with Crippen molar-refractivity contribution in [3.8, 4) is 11.4 Å². The van der Waals surface area contributed by atoms with Crippen LogP contribution in [0.2, 0.25) is 5.02 Å². The molecule has 1 N–H and O–H groups in total. The number of halogens is 1. The van der Waals surface area contributed by atoms with Gasteiger partial charge in [-0.1, -0.05) is 66.2 Å². The van der Waals surface area contributed by atoms with Crippen LogP contribution in [0.4, 0.5) is 5.82 Å². The highest BCUT2D eigenvalue weighted by Gasteiger charge is 2.13. The van der Waals surface area contributed by atoms with Gasteiger partial charge in [0.2, 0.25) is 0 Å². The van der Waals surface area contributed by atoms with Gasteiger partial charge in [0.25, 0.3) is 0 Å². The van der Waals surface area contributed by atoms with Gasteiger partial charge in [-0.25, -0.2) is 9.97 Å². The molecule has 0 aliphatic rings. The van der Waals surface area contributed by atoms with Crippen molar-refractivity contribution in [2.24, 2.45) is 0 Å². The van der Waals surface area contributed by atoms with E-state index in [-0.39, 0.29) is 6.04 Å². The largest absolute Gasteiger partial charge is 0.363 e. The summed E-state index contributed by atoms with van der Waals surface area (Å²) in [6, 6.07) is 26.1. The molecule has 0 fully saturated rings. The number of rotatable bonds is 4. The number of nitrogens with one attached hydrogen (secondary N) is 1. The second-order valence-electron chi connectivity index (χ2n) is 6.17. The molecule has 1 aromatic heterocycles. The third-order valence-corrected chi connectivity index (χ3v) is 4.70. The molecule has 0 aliphatic heterocycles. The molecule has 0 aliphatic carbocycles. The minimum Gasteiger partial charge on any atom is -0.363 e. The van der Waals surface area contributed by atoms with Crippen LogP contribution < -0.4 is 5.32 Å². The maximum absolute atomic E-state index is 6.36. The second-order valence-corrected chi connectivity index (χ2v) is 6.58. The number of nitrogens with zero attached hydrogens (tertiary/aromatic N) is 2. The molecule has 26 heavy (non-hydrogen) atoms. The second kappa shape index (κ2) is 7.14. The number of anilines is 1. The zero-order valence-electron chi connectivity index (χ0n) is 14.4. The van der Waals surface area contributed by atoms with Crippen LogP contribution in [0.3, 0.4) is 0 Å². The van der Waals surface area contributed by atoms with Crippen LogP contribution in [-0.4, -0.2) is 9.97 Å². The number of para-hydroxylation sites is 1. The van der Waals surface area contributed by atoms with Crippen LogP contribution in [0.1, 0.15) is 18.5 Å². The minimum absolute atomic E-state index is 0.119. The van der Waals surface area contributed by atoms with E-state index in [1.165, 1.54) is 5.56 Å². The van der Waals surface area contributed by atoms with Gasteiger partial charge in [-0.15, -0.1) is 0 Å². The van der Waals surface area contributed by atoms with Gasteiger partial charge < -0.3 is 5.32 Å². The van der Waals surface area contributed by atoms with Crippen molar-refractivity contribution in [1.82, 2.24) is 9.97 Å². The summed E-state index contributed by atoms with van der Waals surface area (Å²) in [6.07, 6.45) is 0. The zero-order chi connectivity index (χ0) is 17.9. The molecule has 0 saturated heterocycles. The van der Waals surface area contributed by atoms with E-state index in [2.05, 4.69) is 24.4 Å². The van der Waals surface area contributed by atoms with Crippen LogP contribution in [0.5, 0.6) is 0 Å². The minimum atomic E-state index is 0.119. The van der Waals surface area contributed by atoms with E-state index < -0.39 is 0 Å². The van der Waals surface area contributed by atoms with E-state index in [9.17, 15) is 0 Å². The molecule has 4 aromatic rings. The summed E-state index contributed by atoms with van der Waals surface area (Å²) >= 11 is 6.36. The summed E-state index contributed by atoms with van der Waals surface area (Å²) in [7, 11) is 0. The Morgan fingerprint density at radius 3 is 2.31 bits per heavy atom. The average Bonchev–Trinajstić information content (AvgIpc) is 2.69. The molecular weight excluding hydrogens is 342 g/mol. The Balaban J connectivity index is 1.81. The molecule has 128 valence electrons. The molecular formula is C22H18ClN3. The highest BCUT2D eigenvalue weighted by atomic mass is 35.5. The number of hydrogen-bond donors (Lipinski definition) is 1. The summed E-state index contributed by atoms with van der Waals surface area (Å²) < 4.78 is 0. The standard InChI is InChI=1S/C22H18ClN3/c1-15(16-9-3-2-4-10-16)24-22-18-12-6-8-14-20(18)25-21(26-22)17-11-5-7-13-19(17)23/h2-15H,1H3,(H,24,25,26). The number of hydrogen-bond acceptors (Lipinski definition) is 3. The van der Waals surface area contributed by atoms with E-state index >= 15 is 0 Å². The molecule has 0 saturated carbocycles. The van der Waals surface area contributed by atoms with Gasteiger partial charge in [-0.2, -0.15) is 0 Å². The van der Waals surface area contributed by atoms with E-state index in [1.807, 2.05) is 66.7 Å². The van der Waals surface area contributed by atoms with Gasteiger partial charge in [-0.3, -0.25) is 0 Å². The van der Waals surface area contributed by atoms with Crippen LogP contribution in [0.15, 0.2) is 78.9 Å². The molecule has 1 atom stereocenters. The Morgan fingerprint density at radius 2 is 1.50 bits per heavy atom. The normalized spacial score (nSPS) is 12.1. The molecule has 3 aromatic carbocycles. The molecule has 0 spiro atoms. The van der Waals surface area contributed by atoms with Gasteiger partial charge in [-0.05, 0) is 36.8 Å². The number of aromatic nitrogens is 2. The third kappa shape index (κ3) is 3.26. The molecule has 1 unspecified atom stereocenters. The zero-order valence-corrected chi connectivity index (χ0v) is 15.1. The van der Waals surface area contributed by atoms with E-state index in [4.69, 9.17) is 21.6 Å². The van der Waals surface area contributed by atoms with Crippen molar-refractivity contribution in [3.63, 3.8) is 0 Å². The highest BCUT2D eigenvalue weighted by Crippen LogP contribution is 2.30. The summed E-state index contributed by atoms with van der Waals surface area (Å²) in [6.45, 7) is 2.13. The molecule has 0 bridgehead atoms. The first-order chi connectivity index (χ1) is 12.7. The molecule has 4 rings (SSSR count). The van der Waals surface area contributed by atoms with Gasteiger partial charge in [0, 0.05) is 17.0 Å². The predicted octanol–water partition coefficient (Wildman–Crippen LogP) is 6.12. The van der Waals surface area contributed by atoms with Crippen molar-refractivity contribution in [2.75, 3.05) is 5.32 Å². The topological polar surface area (TPSA) is 37.8 Å². The number of benzene rings is 3. The Morgan fingerprint density at radius 1 is 0.808 bits per heavy atom. The fourth-order valence-corrected chi connectivity index (χ4v) is 3.20. The number of fused-ring (bicyclic) bond motifs is 1. The molecule has 0 amide bonds. The molecule has 3 nitrogen and oxygen atoms in total. The molecule has 1 heterocycles. The summed E-state index contributed by atoms with van der Waals surface area (Å²) in [5.41, 5.74) is 2.92. The lowest BCUT2D eigenvalue weighted by molar-refractivity contribution is 0.876. The molecule has 4 heteroatoms. The summed E-state index contributed by atoms with van der Waals surface area (Å²) in [5, 5.41) is 5.17. The van der Waals surface area contributed by atoms with Crippen molar-refractivity contribution >= 4 is 28.3 Å². The summed E-state index contributed by atoms with van der Waals surface area (Å²) in [4.78, 5) is 9.50.